The SMILES string of the molecule is O=C(NCCn1cccc1)N1CCC(Oc2cccnc2N2CCCC2)C1. The number of aromatic nitrogens is 2. The van der Waals surface area contributed by atoms with E-state index in [0.29, 0.717) is 13.1 Å². The zero-order valence-electron chi connectivity index (χ0n) is 15.6. The molecule has 0 spiro atoms. The van der Waals surface area contributed by atoms with Crippen molar-refractivity contribution in [2.75, 3.05) is 37.6 Å². The number of rotatable bonds is 6. The topological polar surface area (TPSA) is 62.6 Å². The Labute approximate surface area is 159 Å². The minimum atomic E-state index is -0.0146. The first kappa shape index (κ1) is 17.7. The Morgan fingerprint density at radius 2 is 2.00 bits per heavy atom. The molecule has 0 saturated carbocycles. The van der Waals surface area contributed by atoms with Crippen molar-refractivity contribution >= 4 is 11.8 Å². The van der Waals surface area contributed by atoms with Crippen LogP contribution in [0.15, 0.2) is 42.9 Å². The molecule has 2 fully saturated rings. The number of hydrogen-bond donors (Lipinski definition) is 1. The van der Waals surface area contributed by atoms with E-state index in [1.807, 2.05) is 47.8 Å². The predicted octanol–water partition coefficient (Wildman–Crippen LogP) is 2.35. The Morgan fingerprint density at radius 3 is 2.81 bits per heavy atom. The van der Waals surface area contributed by atoms with Crippen molar-refractivity contribution in [3.8, 4) is 5.75 Å². The summed E-state index contributed by atoms with van der Waals surface area (Å²) < 4.78 is 8.29. The molecular formula is C20H27N5O2. The first-order valence-electron chi connectivity index (χ1n) is 9.80. The average Bonchev–Trinajstić information content (AvgIpc) is 3.45. The number of nitrogens with zero attached hydrogens (tertiary/aromatic N) is 4. The molecule has 2 aromatic rings. The van der Waals surface area contributed by atoms with Gasteiger partial charge in [0.1, 0.15) is 6.10 Å². The molecule has 27 heavy (non-hydrogen) atoms. The largest absolute Gasteiger partial charge is 0.485 e. The van der Waals surface area contributed by atoms with Crippen LogP contribution in [-0.2, 0) is 6.54 Å². The van der Waals surface area contributed by atoms with Crippen LogP contribution in [0.2, 0.25) is 0 Å². The van der Waals surface area contributed by atoms with Crippen molar-refractivity contribution in [3.05, 3.63) is 42.9 Å². The number of anilines is 1. The summed E-state index contributed by atoms with van der Waals surface area (Å²) in [6.07, 6.45) is 9.09. The van der Waals surface area contributed by atoms with Gasteiger partial charge in [-0.3, -0.25) is 0 Å². The third kappa shape index (κ3) is 4.35. The number of carbonyl (C=O) groups excluding carboxylic acids is 1. The number of amides is 2. The standard InChI is InChI=1S/C20H27N5O2/c26-20(22-9-15-23-10-1-2-11-23)25-14-7-17(16-25)27-18-6-5-8-21-19(18)24-12-3-4-13-24/h1-2,5-6,8,10-11,17H,3-4,7,9,12-16H2,(H,22,26). The molecule has 2 saturated heterocycles. The first-order valence-corrected chi connectivity index (χ1v) is 9.80. The fourth-order valence-corrected chi connectivity index (χ4v) is 3.75. The summed E-state index contributed by atoms with van der Waals surface area (Å²) >= 11 is 0. The van der Waals surface area contributed by atoms with E-state index in [2.05, 4.69) is 19.8 Å². The van der Waals surface area contributed by atoms with E-state index in [9.17, 15) is 4.79 Å². The second-order valence-electron chi connectivity index (χ2n) is 7.15. The normalized spacial score (nSPS) is 19.5. The van der Waals surface area contributed by atoms with Crippen molar-refractivity contribution in [2.24, 2.45) is 0 Å². The Bertz CT molecular complexity index is 743. The monoisotopic (exact) mass is 369 g/mol. The quantitative estimate of drug-likeness (QED) is 0.849. The molecular weight excluding hydrogens is 342 g/mol. The number of urea groups is 1. The summed E-state index contributed by atoms with van der Waals surface area (Å²) in [6.45, 7) is 4.81. The van der Waals surface area contributed by atoms with Crippen LogP contribution < -0.4 is 15.0 Å². The summed E-state index contributed by atoms with van der Waals surface area (Å²) in [5.41, 5.74) is 0. The van der Waals surface area contributed by atoms with E-state index >= 15 is 0 Å². The third-order valence-electron chi connectivity index (χ3n) is 5.19. The lowest BCUT2D eigenvalue weighted by Gasteiger charge is -2.22. The minimum absolute atomic E-state index is 0.0146. The number of carbonyl (C=O) groups is 1. The fourth-order valence-electron chi connectivity index (χ4n) is 3.75. The van der Waals surface area contributed by atoms with E-state index in [1.54, 1.807) is 0 Å². The Kier molecular flexibility index (Phi) is 5.46. The zero-order valence-corrected chi connectivity index (χ0v) is 15.6. The number of pyridine rings is 1. The molecule has 1 atom stereocenters. The molecule has 144 valence electrons. The van der Waals surface area contributed by atoms with Gasteiger partial charge in [0.25, 0.3) is 0 Å². The predicted molar refractivity (Wildman–Crippen MR) is 104 cm³/mol. The number of likely N-dealkylation sites (tertiary alicyclic amines) is 1. The highest BCUT2D eigenvalue weighted by Gasteiger charge is 2.29. The molecule has 7 heteroatoms. The fraction of sp³-hybridized carbons (Fsp3) is 0.500. The third-order valence-corrected chi connectivity index (χ3v) is 5.19. The van der Waals surface area contributed by atoms with Crippen molar-refractivity contribution in [2.45, 2.75) is 31.9 Å². The smallest absolute Gasteiger partial charge is 0.317 e. The number of ether oxygens (including phenoxy) is 1. The van der Waals surface area contributed by atoms with Crippen LogP contribution in [0.4, 0.5) is 10.6 Å². The highest BCUT2D eigenvalue weighted by atomic mass is 16.5. The molecule has 4 heterocycles. The van der Waals surface area contributed by atoms with Crippen LogP contribution in [0.1, 0.15) is 19.3 Å². The Hall–Kier alpha value is -2.70. The second-order valence-corrected chi connectivity index (χ2v) is 7.15. The zero-order chi connectivity index (χ0) is 18.5. The van der Waals surface area contributed by atoms with Crippen LogP contribution in [0.5, 0.6) is 5.75 Å². The average molecular weight is 369 g/mol. The maximum absolute atomic E-state index is 12.4. The van der Waals surface area contributed by atoms with Gasteiger partial charge in [-0.1, -0.05) is 0 Å². The van der Waals surface area contributed by atoms with E-state index in [-0.39, 0.29) is 12.1 Å². The lowest BCUT2D eigenvalue weighted by Crippen LogP contribution is -2.40. The van der Waals surface area contributed by atoms with Crippen LogP contribution in [0.25, 0.3) is 0 Å². The van der Waals surface area contributed by atoms with Crippen molar-refractivity contribution < 1.29 is 9.53 Å². The van der Waals surface area contributed by atoms with E-state index in [0.717, 1.165) is 44.2 Å². The van der Waals surface area contributed by atoms with Crippen LogP contribution in [-0.4, -0.2) is 59.3 Å². The highest BCUT2D eigenvalue weighted by Crippen LogP contribution is 2.30. The van der Waals surface area contributed by atoms with Gasteiger partial charge < -0.3 is 24.4 Å². The van der Waals surface area contributed by atoms with Gasteiger partial charge in [-0.05, 0) is 37.1 Å². The van der Waals surface area contributed by atoms with Gasteiger partial charge in [-0.15, -0.1) is 0 Å². The van der Waals surface area contributed by atoms with Gasteiger partial charge in [0.05, 0.1) is 6.54 Å². The summed E-state index contributed by atoms with van der Waals surface area (Å²) in [5.74, 6) is 1.77. The van der Waals surface area contributed by atoms with Crippen LogP contribution in [0.3, 0.4) is 0 Å². The molecule has 4 rings (SSSR count). The summed E-state index contributed by atoms with van der Waals surface area (Å²) in [6, 6.07) is 7.85. The molecule has 0 aromatic carbocycles. The molecule has 2 aliphatic rings. The molecule has 2 aromatic heterocycles. The Balaban J connectivity index is 1.28. The van der Waals surface area contributed by atoms with Gasteiger partial charge in [0, 0.05) is 57.7 Å². The van der Waals surface area contributed by atoms with E-state index < -0.39 is 0 Å². The Morgan fingerprint density at radius 1 is 1.19 bits per heavy atom. The molecule has 0 radical (unpaired) electrons. The summed E-state index contributed by atoms with van der Waals surface area (Å²) in [5, 5.41) is 2.99. The van der Waals surface area contributed by atoms with E-state index in [4.69, 9.17) is 4.74 Å². The summed E-state index contributed by atoms with van der Waals surface area (Å²) in [7, 11) is 0. The molecule has 2 amide bonds. The van der Waals surface area contributed by atoms with Gasteiger partial charge >= 0.3 is 6.03 Å². The maximum atomic E-state index is 12.4. The second kappa shape index (κ2) is 8.33. The van der Waals surface area contributed by atoms with E-state index in [1.165, 1.54) is 12.8 Å². The number of hydrogen-bond acceptors (Lipinski definition) is 4. The molecule has 1 N–H and O–H groups in total. The molecule has 7 nitrogen and oxygen atoms in total. The van der Waals surface area contributed by atoms with Gasteiger partial charge in [-0.25, -0.2) is 9.78 Å². The van der Waals surface area contributed by atoms with Gasteiger partial charge in [-0.2, -0.15) is 0 Å². The molecule has 0 bridgehead atoms. The van der Waals surface area contributed by atoms with Gasteiger partial charge in [0.15, 0.2) is 11.6 Å². The van der Waals surface area contributed by atoms with Gasteiger partial charge in [0.2, 0.25) is 0 Å². The van der Waals surface area contributed by atoms with Crippen molar-refractivity contribution in [1.82, 2.24) is 19.8 Å². The highest BCUT2D eigenvalue weighted by molar-refractivity contribution is 5.74. The van der Waals surface area contributed by atoms with Crippen LogP contribution in [0, 0.1) is 0 Å². The minimum Gasteiger partial charge on any atom is -0.485 e. The van der Waals surface area contributed by atoms with Crippen LogP contribution >= 0.6 is 0 Å². The number of nitrogens with one attached hydrogen (secondary N) is 1. The van der Waals surface area contributed by atoms with Crippen molar-refractivity contribution in [3.63, 3.8) is 0 Å². The van der Waals surface area contributed by atoms with Crippen molar-refractivity contribution in [1.29, 1.82) is 0 Å². The molecule has 1 unspecified atom stereocenters. The summed E-state index contributed by atoms with van der Waals surface area (Å²) in [4.78, 5) is 21.0. The lowest BCUT2D eigenvalue weighted by atomic mass is 10.3. The maximum Gasteiger partial charge on any atom is 0.317 e. The lowest BCUT2D eigenvalue weighted by molar-refractivity contribution is 0.186. The molecule has 0 aliphatic carbocycles. The first-order chi connectivity index (χ1) is 13.3. The molecule has 2 aliphatic heterocycles.